The average molecular weight is 1120 g/mol. The Bertz CT molecular complexity index is 1010. The highest BCUT2D eigenvalue weighted by Gasteiger charge is 2.30. The van der Waals surface area contributed by atoms with Crippen molar-refractivity contribution in [3.63, 3.8) is 0 Å². The first-order chi connectivity index (χ1) is 29.8. The zero-order valence-electron chi connectivity index (χ0n) is 44.1. The average Bonchev–Trinajstić information content (AvgIpc) is 3.20. The van der Waals surface area contributed by atoms with Gasteiger partial charge in [0.2, 0.25) is 0 Å². The largest absolute Gasteiger partial charge is 1.00 e. The van der Waals surface area contributed by atoms with Crippen molar-refractivity contribution in [2.75, 3.05) is 101 Å². The quantitative estimate of drug-likeness (QED) is 0.0401. The van der Waals surface area contributed by atoms with Gasteiger partial charge in [-0.2, -0.15) is 0 Å². The van der Waals surface area contributed by atoms with Gasteiger partial charge in [-0.15, -0.1) is 0 Å². The summed E-state index contributed by atoms with van der Waals surface area (Å²) >= 11 is 0. The van der Waals surface area contributed by atoms with Crippen molar-refractivity contribution >= 4 is 17.9 Å². The van der Waals surface area contributed by atoms with Crippen molar-refractivity contribution in [1.82, 2.24) is 0 Å². The van der Waals surface area contributed by atoms with E-state index in [1.807, 2.05) is 0 Å². The van der Waals surface area contributed by atoms with Crippen LogP contribution in [0.1, 0.15) is 226 Å². The smallest absolute Gasteiger partial charge is 0.361 e. The van der Waals surface area contributed by atoms with Gasteiger partial charge in [-0.3, -0.25) is 0 Å². The predicted molar refractivity (Wildman–Crippen MR) is 262 cm³/mol. The minimum absolute atomic E-state index is 0. The summed E-state index contributed by atoms with van der Waals surface area (Å²) in [6.07, 6.45) is 39.5. The van der Waals surface area contributed by atoms with Crippen LogP contribution in [0.5, 0.6) is 0 Å². The highest BCUT2D eigenvalue weighted by atomic mass is 79.9. The number of quaternary nitrogens is 3. The van der Waals surface area contributed by atoms with E-state index in [-0.39, 0.29) is 68.9 Å². The summed E-state index contributed by atoms with van der Waals surface area (Å²) in [4.78, 5) is 38.9. The molecule has 0 aliphatic rings. The normalized spacial score (nSPS) is 11.6. The third-order valence-corrected chi connectivity index (χ3v) is 12.8. The lowest BCUT2D eigenvalue weighted by Gasteiger charge is -2.36. The second-order valence-electron chi connectivity index (χ2n) is 20.8. The Morgan fingerprint density at radius 2 is 0.508 bits per heavy atom. The van der Waals surface area contributed by atoms with Gasteiger partial charge >= 0.3 is 17.9 Å². The minimum Gasteiger partial charge on any atom is -1.00 e. The SMILES string of the molecule is CCCCCCCCCCCCOC(=O)C[N+](C)(C)CCC[N+](C)(CCC[N+](C)(C)CC(=O)OCCCCCCCCCCCC)CC(=O)OCCCCCCCCCCCC.[Br-].[Br-].[Br-]. The fourth-order valence-corrected chi connectivity index (χ4v) is 8.66. The van der Waals surface area contributed by atoms with E-state index in [0.717, 1.165) is 77.5 Å². The molecular weight excluding hydrogens is 1010 g/mol. The Kier molecular flexibility index (Phi) is 53.5. The lowest BCUT2D eigenvalue weighted by Crippen LogP contribution is -3.00. The molecule has 0 unspecified atom stereocenters. The molecule has 9 nitrogen and oxygen atoms in total. The lowest BCUT2D eigenvalue weighted by atomic mass is 10.1. The van der Waals surface area contributed by atoms with Crippen molar-refractivity contribution in [2.45, 2.75) is 226 Å². The Hall–Kier alpha value is -0.270. The molecule has 0 heterocycles. The van der Waals surface area contributed by atoms with E-state index < -0.39 is 0 Å². The molecule has 12 heteroatoms. The molecule has 0 aromatic heterocycles. The lowest BCUT2D eigenvalue weighted by molar-refractivity contribution is -0.921. The van der Waals surface area contributed by atoms with Crippen molar-refractivity contribution in [3.05, 3.63) is 0 Å². The zero-order valence-corrected chi connectivity index (χ0v) is 48.9. The number of carbonyl (C=O) groups excluding carboxylic acids is 3. The monoisotopic (exact) mass is 1120 g/mol. The summed E-state index contributed by atoms with van der Waals surface area (Å²) in [5, 5.41) is 0. The van der Waals surface area contributed by atoms with Crippen LogP contribution in [0.4, 0.5) is 0 Å². The Morgan fingerprint density at radius 1 is 0.292 bits per heavy atom. The summed E-state index contributed by atoms with van der Waals surface area (Å²) in [7, 11) is 10.6. The van der Waals surface area contributed by atoms with Gasteiger partial charge in [0.25, 0.3) is 0 Å². The molecule has 0 N–H and O–H groups in total. The number of halogens is 3. The molecule has 0 bridgehead atoms. The maximum absolute atomic E-state index is 13.3. The molecule has 0 rings (SSSR count). The molecule has 0 spiro atoms. The van der Waals surface area contributed by atoms with Crippen LogP contribution in [0.2, 0.25) is 0 Å². The van der Waals surface area contributed by atoms with Gasteiger partial charge in [-0.25, -0.2) is 14.4 Å². The van der Waals surface area contributed by atoms with Crippen LogP contribution in [0.3, 0.4) is 0 Å². The van der Waals surface area contributed by atoms with Crippen molar-refractivity contribution in [3.8, 4) is 0 Å². The molecule has 0 aromatic carbocycles. The highest BCUT2D eigenvalue weighted by molar-refractivity contribution is 5.71. The first kappa shape index (κ1) is 71.3. The van der Waals surface area contributed by atoms with Gasteiger partial charge in [0.15, 0.2) is 19.6 Å². The molecular formula is C53H108Br3N3O6. The van der Waals surface area contributed by atoms with E-state index in [0.29, 0.717) is 52.9 Å². The van der Waals surface area contributed by atoms with Crippen LogP contribution in [-0.2, 0) is 28.6 Å². The zero-order chi connectivity index (χ0) is 46.1. The van der Waals surface area contributed by atoms with Gasteiger partial charge < -0.3 is 78.6 Å². The number of rotatable bonds is 47. The van der Waals surface area contributed by atoms with Crippen molar-refractivity contribution < 1.29 is 93.0 Å². The van der Waals surface area contributed by atoms with Crippen molar-refractivity contribution in [1.29, 1.82) is 0 Å². The summed E-state index contributed by atoms with van der Waals surface area (Å²) in [6.45, 7) is 12.6. The van der Waals surface area contributed by atoms with Gasteiger partial charge in [0, 0.05) is 12.8 Å². The number of esters is 3. The first-order valence-electron chi connectivity index (χ1n) is 26.7. The molecule has 0 amide bonds. The molecule has 0 atom stereocenters. The fraction of sp³-hybridized carbons (Fsp3) is 0.943. The molecule has 65 heavy (non-hydrogen) atoms. The first-order valence-corrected chi connectivity index (χ1v) is 26.7. The molecule has 0 aliphatic carbocycles. The predicted octanol–water partition coefficient (Wildman–Crippen LogP) is 3.77. The Morgan fingerprint density at radius 3 is 0.754 bits per heavy atom. The molecule has 0 saturated heterocycles. The standard InChI is InChI=1S/C53H108N3O6.3BrH/c1-9-12-15-18-21-24-27-30-33-36-45-60-51(57)48-54(4,5)41-39-43-56(8,50-53(59)62-47-38-35-32-29-26-23-20-17-14-11-3)44-40-42-55(6,7)49-52(58)61-46-37-34-31-28-25-22-19-16-13-10-2;;;/h9-50H2,1-8H3;3*1H/q+3;;;/p-3. The van der Waals surface area contributed by atoms with Gasteiger partial charge in [0.1, 0.15) is 0 Å². The summed E-state index contributed by atoms with van der Waals surface area (Å²) in [5.41, 5.74) is 0. The van der Waals surface area contributed by atoms with Crippen LogP contribution in [0.25, 0.3) is 0 Å². The highest BCUT2D eigenvalue weighted by Crippen LogP contribution is 2.15. The van der Waals surface area contributed by atoms with E-state index in [1.54, 1.807) is 0 Å². The third-order valence-electron chi connectivity index (χ3n) is 12.8. The Labute approximate surface area is 435 Å². The Balaban J connectivity index is -0.00000620. The van der Waals surface area contributed by atoms with Crippen LogP contribution in [0.15, 0.2) is 0 Å². The van der Waals surface area contributed by atoms with Crippen LogP contribution in [0, 0.1) is 0 Å². The second kappa shape index (κ2) is 48.7. The van der Waals surface area contributed by atoms with Crippen LogP contribution < -0.4 is 50.9 Å². The maximum Gasteiger partial charge on any atom is 0.361 e. The molecule has 392 valence electrons. The maximum atomic E-state index is 13.3. The molecule has 0 fully saturated rings. The third kappa shape index (κ3) is 49.9. The van der Waals surface area contributed by atoms with E-state index >= 15 is 0 Å². The van der Waals surface area contributed by atoms with E-state index in [1.165, 1.54) is 154 Å². The van der Waals surface area contributed by atoms with Gasteiger partial charge in [-0.05, 0) is 19.3 Å². The summed E-state index contributed by atoms with van der Waals surface area (Å²) in [6, 6.07) is 0. The van der Waals surface area contributed by atoms with Crippen LogP contribution in [-0.4, -0.2) is 132 Å². The number of nitrogens with zero attached hydrogens (tertiary/aromatic N) is 3. The number of likely N-dealkylation sites (N-methyl/N-ethyl adjacent to an activating group) is 3. The molecule has 0 radical (unpaired) electrons. The van der Waals surface area contributed by atoms with E-state index in [4.69, 9.17) is 14.2 Å². The van der Waals surface area contributed by atoms with Crippen molar-refractivity contribution in [2.24, 2.45) is 0 Å². The number of hydrogen-bond acceptors (Lipinski definition) is 6. The summed E-state index contributed by atoms with van der Waals surface area (Å²) < 4.78 is 18.8. The number of hydrogen-bond donors (Lipinski definition) is 0. The van der Waals surface area contributed by atoms with E-state index in [2.05, 4.69) is 56.0 Å². The minimum atomic E-state index is -0.128. The fourth-order valence-electron chi connectivity index (χ4n) is 8.66. The molecule has 0 aliphatic heterocycles. The number of carbonyl (C=O) groups is 3. The number of ether oxygens (including phenoxy) is 3. The van der Waals surface area contributed by atoms with Gasteiger partial charge in [-0.1, -0.05) is 194 Å². The molecule has 0 saturated carbocycles. The van der Waals surface area contributed by atoms with E-state index in [9.17, 15) is 14.4 Å². The summed E-state index contributed by atoms with van der Waals surface area (Å²) in [5.74, 6) is -0.376. The second-order valence-corrected chi connectivity index (χ2v) is 20.8. The number of unbranched alkanes of at least 4 members (excludes halogenated alkanes) is 27. The van der Waals surface area contributed by atoms with Crippen LogP contribution >= 0.6 is 0 Å². The molecule has 0 aromatic rings. The topological polar surface area (TPSA) is 78.9 Å². The van der Waals surface area contributed by atoms with Gasteiger partial charge in [0.05, 0.1) is 81.2 Å².